The number of carbonyl (C=O) groups excluding carboxylic acids is 1. The number of aromatic nitrogens is 2. The van der Waals surface area contributed by atoms with Gasteiger partial charge in [-0.2, -0.15) is 5.10 Å². The van der Waals surface area contributed by atoms with Crippen molar-refractivity contribution >= 4 is 11.6 Å². The molecule has 0 bridgehead atoms. The molecule has 1 saturated heterocycles. The van der Waals surface area contributed by atoms with Gasteiger partial charge in [0, 0.05) is 37.9 Å². The Morgan fingerprint density at radius 1 is 1.16 bits per heavy atom. The summed E-state index contributed by atoms with van der Waals surface area (Å²) in [6, 6.07) is 10.1. The first kappa shape index (κ1) is 17.3. The number of ether oxygens (including phenoxy) is 1. The molecule has 0 saturated carbocycles. The van der Waals surface area contributed by atoms with E-state index in [0.717, 1.165) is 30.2 Å². The molecule has 1 fully saturated rings. The molecule has 134 valence electrons. The van der Waals surface area contributed by atoms with E-state index < -0.39 is 0 Å². The fraction of sp³-hybridized carbons (Fsp3) is 0.474. The van der Waals surface area contributed by atoms with Crippen LogP contribution < -0.4 is 9.64 Å². The predicted molar refractivity (Wildman–Crippen MR) is 98.5 cm³/mol. The molecule has 2 aromatic rings. The number of benzene rings is 1. The van der Waals surface area contributed by atoms with Crippen LogP contribution in [-0.2, 0) is 0 Å². The zero-order chi connectivity index (χ0) is 18.0. The lowest BCUT2D eigenvalue weighted by Crippen LogP contribution is -2.49. The van der Waals surface area contributed by atoms with Crippen LogP contribution in [0.2, 0.25) is 0 Å². The number of para-hydroxylation sites is 2. The van der Waals surface area contributed by atoms with E-state index in [2.05, 4.69) is 29.9 Å². The Kier molecular flexibility index (Phi) is 4.97. The fourth-order valence-corrected chi connectivity index (χ4v) is 3.32. The van der Waals surface area contributed by atoms with Crippen molar-refractivity contribution in [3.8, 4) is 5.75 Å². The first-order valence-electron chi connectivity index (χ1n) is 8.74. The van der Waals surface area contributed by atoms with Crippen molar-refractivity contribution < 1.29 is 9.53 Å². The van der Waals surface area contributed by atoms with Crippen LogP contribution in [0, 0.1) is 6.92 Å². The molecule has 1 amide bonds. The summed E-state index contributed by atoms with van der Waals surface area (Å²) in [6.07, 6.45) is 0. The number of amides is 1. The molecule has 0 atom stereocenters. The lowest BCUT2D eigenvalue weighted by atomic mass is 10.2. The summed E-state index contributed by atoms with van der Waals surface area (Å²) in [5.74, 6) is 0.885. The molecule has 1 aromatic carbocycles. The van der Waals surface area contributed by atoms with Crippen molar-refractivity contribution in [2.24, 2.45) is 0 Å². The molecule has 0 unspecified atom stereocenters. The summed E-state index contributed by atoms with van der Waals surface area (Å²) < 4.78 is 7.35. The second-order valence-electron chi connectivity index (χ2n) is 6.66. The van der Waals surface area contributed by atoms with Gasteiger partial charge in [0.2, 0.25) is 0 Å². The standard InChI is InChI=1S/C19H26N4O2/c1-14(2)23-15(3)13-16(20-23)19(24)22-11-9-21(10-12-22)17-7-5-6-8-18(17)25-4/h5-8,13-14H,9-12H2,1-4H3. The van der Waals surface area contributed by atoms with Gasteiger partial charge in [-0.05, 0) is 39.0 Å². The van der Waals surface area contributed by atoms with Gasteiger partial charge in [-0.3, -0.25) is 9.48 Å². The molecule has 1 aliphatic heterocycles. The Morgan fingerprint density at radius 2 is 1.84 bits per heavy atom. The van der Waals surface area contributed by atoms with E-state index in [0.29, 0.717) is 18.8 Å². The molecule has 6 nitrogen and oxygen atoms in total. The van der Waals surface area contributed by atoms with Crippen molar-refractivity contribution in [3.05, 3.63) is 41.7 Å². The smallest absolute Gasteiger partial charge is 0.274 e. The van der Waals surface area contributed by atoms with E-state index in [1.165, 1.54) is 0 Å². The van der Waals surface area contributed by atoms with E-state index in [9.17, 15) is 4.79 Å². The maximum atomic E-state index is 12.8. The summed E-state index contributed by atoms with van der Waals surface area (Å²) in [5.41, 5.74) is 2.64. The van der Waals surface area contributed by atoms with Gasteiger partial charge >= 0.3 is 0 Å². The fourth-order valence-electron chi connectivity index (χ4n) is 3.32. The minimum Gasteiger partial charge on any atom is -0.495 e. The summed E-state index contributed by atoms with van der Waals surface area (Å²) >= 11 is 0. The second kappa shape index (κ2) is 7.17. The average molecular weight is 342 g/mol. The van der Waals surface area contributed by atoms with Gasteiger partial charge in [0.1, 0.15) is 5.75 Å². The second-order valence-corrected chi connectivity index (χ2v) is 6.66. The Labute approximate surface area is 149 Å². The molecule has 0 N–H and O–H groups in total. The Hall–Kier alpha value is -2.50. The van der Waals surface area contributed by atoms with Crippen molar-refractivity contribution in [3.63, 3.8) is 0 Å². The number of rotatable bonds is 4. The normalized spacial score (nSPS) is 14.9. The third-order valence-corrected chi connectivity index (χ3v) is 4.62. The molecular weight excluding hydrogens is 316 g/mol. The van der Waals surface area contributed by atoms with Crippen molar-refractivity contribution in [2.45, 2.75) is 26.8 Å². The third-order valence-electron chi connectivity index (χ3n) is 4.62. The molecular formula is C19H26N4O2. The van der Waals surface area contributed by atoms with Crippen LogP contribution in [-0.4, -0.2) is 53.9 Å². The average Bonchev–Trinajstić information content (AvgIpc) is 3.03. The lowest BCUT2D eigenvalue weighted by molar-refractivity contribution is 0.0739. The summed E-state index contributed by atoms with van der Waals surface area (Å²) in [4.78, 5) is 16.9. The van der Waals surface area contributed by atoms with E-state index in [1.807, 2.05) is 40.8 Å². The minimum atomic E-state index is 0.0159. The molecule has 0 aliphatic carbocycles. The van der Waals surface area contributed by atoms with Crippen LogP contribution >= 0.6 is 0 Å². The van der Waals surface area contributed by atoms with Crippen molar-refractivity contribution in [1.82, 2.24) is 14.7 Å². The topological polar surface area (TPSA) is 50.6 Å². The molecule has 0 spiro atoms. The van der Waals surface area contributed by atoms with Crippen LogP contribution in [0.15, 0.2) is 30.3 Å². The Morgan fingerprint density at radius 3 is 2.44 bits per heavy atom. The highest BCUT2D eigenvalue weighted by atomic mass is 16.5. The number of nitrogens with zero attached hydrogens (tertiary/aromatic N) is 4. The monoisotopic (exact) mass is 342 g/mol. The molecule has 2 heterocycles. The third kappa shape index (κ3) is 3.48. The number of anilines is 1. The zero-order valence-corrected chi connectivity index (χ0v) is 15.4. The summed E-state index contributed by atoms with van der Waals surface area (Å²) in [5, 5.41) is 4.48. The van der Waals surface area contributed by atoms with Gasteiger partial charge in [0.05, 0.1) is 12.8 Å². The maximum absolute atomic E-state index is 12.8. The highest BCUT2D eigenvalue weighted by Gasteiger charge is 2.25. The molecule has 6 heteroatoms. The SMILES string of the molecule is COc1ccccc1N1CCN(C(=O)c2cc(C)n(C(C)C)n2)CC1. The highest BCUT2D eigenvalue weighted by molar-refractivity contribution is 5.92. The minimum absolute atomic E-state index is 0.0159. The van der Waals surface area contributed by atoms with E-state index in [-0.39, 0.29) is 11.9 Å². The summed E-state index contributed by atoms with van der Waals surface area (Å²) in [6.45, 7) is 9.07. The van der Waals surface area contributed by atoms with Crippen molar-refractivity contribution in [1.29, 1.82) is 0 Å². The predicted octanol–water partition coefficient (Wildman–Crippen LogP) is 2.74. The number of hydrogen-bond acceptors (Lipinski definition) is 4. The van der Waals surface area contributed by atoms with Crippen LogP contribution in [0.4, 0.5) is 5.69 Å². The number of hydrogen-bond donors (Lipinski definition) is 0. The van der Waals surface area contributed by atoms with Crippen LogP contribution in [0.25, 0.3) is 0 Å². The van der Waals surface area contributed by atoms with Gasteiger partial charge in [0.15, 0.2) is 5.69 Å². The van der Waals surface area contributed by atoms with Gasteiger partial charge in [-0.1, -0.05) is 12.1 Å². The summed E-state index contributed by atoms with van der Waals surface area (Å²) in [7, 11) is 1.69. The zero-order valence-electron chi connectivity index (χ0n) is 15.4. The van der Waals surface area contributed by atoms with Crippen LogP contribution in [0.3, 0.4) is 0 Å². The van der Waals surface area contributed by atoms with E-state index >= 15 is 0 Å². The number of carbonyl (C=O) groups is 1. The quantitative estimate of drug-likeness (QED) is 0.857. The van der Waals surface area contributed by atoms with Gasteiger partial charge < -0.3 is 14.5 Å². The maximum Gasteiger partial charge on any atom is 0.274 e. The van der Waals surface area contributed by atoms with Crippen molar-refractivity contribution in [2.75, 3.05) is 38.2 Å². The lowest BCUT2D eigenvalue weighted by Gasteiger charge is -2.36. The van der Waals surface area contributed by atoms with Gasteiger partial charge in [0.25, 0.3) is 5.91 Å². The molecule has 3 rings (SSSR count). The van der Waals surface area contributed by atoms with Gasteiger partial charge in [-0.15, -0.1) is 0 Å². The van der Waals surface area contributed by atoms with E-state index in [1.54, 1.807) is 7.11 Å². The van der Waals surface area contributed by atoms with E-state index in [4.69, 9.17) is 4.74 Å². The largest absolute Gasteiger partial charge is 0.495 e. The highest BCUT2D eigenvalue weighted by Crippen LogP contribution is 2.28. The Bertz CT molecular complexity index is 746. The molecule has 25 heavy (non-hydrogen) atoms. The molecule has 0 radical (unpaired) electrons. The molecule has 1 aromatic heterocycles. The van der Waals surface area contributed by atoms with Gasteiger partial charge in [-0.25, -0.2) is 0 Å². The number of methoxy groups -OCH3 is 1. The van der Waals surface area contributed by atoms with Crippen LogP contribution in [0.1, 0.15) is 36.1 Å². The first-order valence-corrected chi connectivity index (χ1v) is 8.74. The first-order chi connectivity index (χ1) is 12.0. The Balaban J connectivity index is 1.68. The number of aryl methyl sites for hydroxylation is 1. The van der Waals surface area contributed by atoms with Crippen LogP contribution in [0.5, 0.6) is 5.75 Å². The molecule has 1 aliphatic rings. The number of piperazine rings is 1.